The second kappa shape index (κ2) is 4.36. The minimum Gasteiger partial charge on any atom is -0.393 e. The maximum atomic E-state index is 12.6. The highest BCUT2D eigenvalue weighted by Crippen LogP contribution is 2.46. The van der Waals surface area contributed by atoms with Crippen LogP contribution in [-0.2, 0) is 11.6 Å². The van der Waals surface area contributed by atoms with Crippen LogP contribution < -0.4 is 5.73 Å². The van der Waals surface area contributed by atoms with E-state index in [1.165, 1.54) is 0 Å². The molecule has 1 heterocycles. The average molecular weight is 281 g/mol. The lowest BCUT2D eigenvalue weighted by Gasteiger charge is -2.45. The maximum Gasteiger partial charge on any atom is 0.417 e. The third-order valence-electron chi connectivity index (χ3n) is 3.38. The van der Waals surface area contributed by atoms with E-state index in [0.717, 1.165) is 6.07 Å². The summed E-state index contributed by atoms with van der Waals surface area (Å²) in [4.78, 5) is 3.57. The molecule has 1 saturated carbocycles. The zero-order valence-electron chi connectivity index (χ0n) is 9.34. The fraction of sp³-hybridized carbons (Fsp3) is 0.545. The summed E-state index contributed by atoms with van der Waals surface area (Å²) in [6.45, 7) is 0.132. The van der Waals surface area contributed by atoms with E-state index in [2.05, 4.69) is 4.98 Å². The molecule has 7 heteroatoms. The Morgan fingerprint density at radius 2 is 2.11 bits per heavy atom. The summed E-state index contributed by atoms with van der Waals surface area (Å²) in [5, 5.41) is 9.37. The average Bonchev–Trinajstić information content (AvgIpc) is 2.24. The van der Waals surface area contributed by atoms with Gasteiger partial charge < -0.3 is 10.8 Å². The third-order valence-corrected chi connectivity index (χ3v) is 3.68. The summed E-state index contributed by atoms with van der Waals surface area (Å²) < 4.78 is 37.9. The molecule has 0 spiro atoms. The summed E-state index contributed by atoms with van der Waals surface area (Å²) >= 11 is 5.85. The fourth-order valence-corrected chi connectivity index (χ4v) is 2.62. The number of nitrogens with zero attached hydrogens (tertiary/aromatic N) is 1. The molecule has 0 unspecified atom stereocenters. The first-order chi connectivity index (χ1) is 8.28. The largest absolute Gasteiger partial charge is 0.417 e. The van der Waals surface area contributed by atoms with Gasteiger partial charge in [0.25, 0.3) is 0 Å². The van der Waals surface area contributed by atoms with Crippen molar-refractivity contribution in [1.82, 2.24) is 4.98 Å². The van der Waals surface area contributed by atoms with Crippen molar-refractivity contribution in [3.63, 3.8) is 0 Å². The summed E-state index contributed by atoms with van der Waals surface area (Å²) in [6, 6.07) is 0.980. The van der Waals surface area contributed by atoms with E-state index in [9.17, 15) is 18.3 Å². The number of alkyl halides is 3. The molecule has 3 nitrogen and oxygen atoms in total. The van der Waals surface area contributed by atoms with Gasteiger partial charge in [-0.15, -0.1) is 0 Å². The van der Waals surface area contributed by atoms with E-state index in [0.29, 0.717) is 19.0 Å². The number of rotatable bonds is 2. The molecule has 0 saturated heterocycles. The third kappa shape index (κ3) is 2.20. The quantitative estimate of drug-likeness (QED) is 0.816. The van der Waals surface area contributed by atoms with E-state index in [-0.39, 0.29) is 17.3 Å². The Labute approximate surface area is 107 Å². The van der Waals surface area contributed by atoms with Crippen LogP contribution in [0.2, 0.25) is 5.15 Å². The van der Waals surface area contributed by atoms with Gasteiger partial charge in [-0.1, -0.05) is 11.6 Å². The Hall–Kier alpha value is -0.850. The second-order valence-corrected chi connectivity index (χ2v) is 4.96. The summed E-state index contributed by atoms with van der Waals surface area (Å²) in [5.41, 5.74) is 4.34. The minimum atomic E-state index is -4.47. The number of hydrogen-bond donors (Lipinski definition) is 2. The van der Waals surface area contributed by atoms with Gasteiger partial charge in [0, 0.05) is 18.2 Å². The lowest BCUT2D eigenvalue weighted by Crippen LogP contribution is -2.50. The van der Waals surface area contributed by atoms with Crippen LogP contribution in [0.25, 0.3) is 0 Å². The van der Waals surface area contributed by atoms with Crippen LogP contribution in [0.5, 0.6) is 0 Å². The molecule has 3 N–H and O–H groups in total. The molecule has 100 valence electrons. The first kappa shape index (κ1) is 13.6. The number of aliphatic hydroxyl groups is 1. The lowest BCUT2D eigenvalue weighted by atomic mass is 9.63. The molecule has 0 atom stereocenters. The van der Waals surface area contributed by atoms with Gasteiger partial charge >= 0.3 is 6.18 Å². The first-order valence-electron chi connectivity index (χ1n) is 5.40. The van der Waals surface area contributed by atoms with Gasteiger partial charge in [-0.2, -0.15) is 13.2 Å². The highest BCUT2D eigenvalue weighted by Gasteiger charge is 2.46. The Kier molecular flexibility index (Phi) is 3.29. The standard InChI is InChI=1S/C11H12ClF3N2O/c12-9-8(10(5-16)2-7(18)3-10)1-6(4-17-9)11(13,14)15/h1,4,7,18H,2-3,5,16H2. The first-order valence-corrected chi connectivity index (χ1v) is 5.78. The van der Waals surface area contributed by atoms with Crippen LogP contribution in [0.1, 0.15) is 24.0 Å². The van der Waals surface area contributed by atoms with Crippen molar-refractivity contribution in [2.75, 3.05) is 6.54 Å². The zero-order valence-corrected chi connectivity index (χ0v) is 10.1. The highest BCUT2D eigenvalue weighted by atomic mass is 35.5. The van der Waals surface area contributed by atoms with Crippen LogP contribution in [0.3, 0.4) is 0 Å². The molecule has 1 aromatic heterocycles. The van der Waals surface area contributed by atoms with Crippen molar-refractivity contribution in [2.24, 2.45) is 5.73 Å². The van der Waals surface area contributed by atoms with Crippen molar-refractivity contribution in [1.29, 1.82) is 0 Å². The molecular formula is C11H12ClF3N2O. The van der Waals surface area contributed by atoms with Gasteiger partial charge in [0.15, 0.2) is 0 Å². The number of hydrogen-bond acceptors (Lipinski definition) is 3. The van der Waals surface area contributed by atoms with Gasteiger partial charge in [0.1, 0.15) is 5.15 Å². The number of halogens is 4. The van der Waals surface area contributed by atoms with Gasteiger partial charge in [0.2, 0.25) is 0 Å². The minimum absolute atomic E-state index is 0.0142. The zero-order chi connectivity index (χ0) is 13.6. The Bertz CT molecular complexity index is 458. The van der Waals surface area contributed by atoms with Crippen LogP contribution in [-0.4, -0.2) is 22.7 Å². The molecule has 0 aromatic carbocycles. The summed E-state index contributed by atoms with van der Waals surface area (Å²) in [5.74, 6) is 0. The summed E-state index contributed by atoms with van der Waals surface area (Å²) in [7, 11) is 0. The van der Waals surface area contributed by atoms with Crippen molar-refractivity contribution in [3.8, 4) is 0 Å². The molecule has 18 heavy (non-hydrogen) atoms. The topological polar surface area (TPSA) is 59.1 Å². The molecular weight excluding hydrogens is 269 g/mol. The molecule has 0 radical (unpaired) electrons. The fourth-order valence-electron chi connectivity index (χ4n) is 2.31. The normalized spacial score (nSPS) is 28.0. The molecule has 2 rings (SSSR count). The monoisotopic (exact) mass is 280 g/mol. The van der Waals surface area contributed by atoms with E-state index in [4.69, 9.17) is 17.3 Å². The predicted molar refractivity (Wildman–Crippen MR) is 60.2 cm³/mol. The van der Waals surface area contributed by atoms with Crippen LogP contribution in [0.4, 0.5) is 13.2 Å². The molecule has 0 amide bonds. The van der Waals surface area contributed by atoms with E-state index in [1.807, 2.05) is 0 Å². The van der Waals surface area contributed by atoms with Crippen LogP contribution in [0.15, 0.2) is 12.3 Å². The van der Waals surface area contributed by atoms with Gasteiger partial charge in [-0.3, -0.25) is 0 Å². The van der Waals surface area contributed by atoms with Crippen molar-refractivity contribution in [2.45, 2.75) is 30.5 Å². The molecule has 1 aliphatic rings. The van der Waals surface area contributed by atoms with Crippen molar-refractivity contribution in [3.05, 3.63) is 28.5 Å². The molecule has 0 bridgehead atoms. The molecule has 1 fully saturated rings. The van der Waals surface area contributed by atoms with E-state index < -0.39 is 23.3 Å². The SMILES string of the molecule is NCC1(c2cc(C(F)(F)F)cnc2Cl)CC(O)C1. The number of aromatic nitrogens is 1. The van der Waals surface area contributed by atoms with Crippen LogP contribution >= 0.6 is 11.6 Å². The number of nitrogens with two attached hydrogens (primary N) is 1. The lowest BCUT2D eigenvalue weighted by molar-refractivity contribution is -0.138. The summed E-state index contributed by atoms with van der Waals surface area (Å²) in [6.07, 6.45) is -3.69. The molecule has 0 aliphatic heterocycles. The Morgan fingerprint density at radius 1 is 1.50 bits per heavy atom. The molecule has 1 aliphatic carbocycles. The smallest absolute Gasteiger partial charge is 0.393 e. The highest BCUT2D eigenvalue weighted by molar-refractivity contribution is 6.30. The van der Waals surface area contributed by atoms with Crippen LogP contribution in [0, 0.1) is 0 Å². The van der Waals surface area contributed by atoms with Gasteiger partial charge in [-0.25, -0.2) is 4.98 Å². The van der Waals surface area contributed by atoms with Crippen molar-refractivity contribution < 1.29 is 18.3 Å². The maximum absolute atomic E-state index is 12.6. The van der Waals surface area contributed by atoms with Gasteiger partial charge in [0.05, 0.1) is 11.7 Å². The predicted octanol–water partition coefficient (Wildman–Crippen LogP) is 2.11. The van der Waals surface area contributed by atoms with E-state index >= 15 is 0 Å². The number of aliphatic hydroxyl groups excluding tert-OH is 1. The van der Waals surface area contributed by atoms with Gasteiger partial charge in [-0.05, 0) is 24.5 Å². The van der Waals surface area contributed by atoms with Crippen molar-refractivity contribution >= 4 is 11.6 Å². The number of pyridine rings is 1. The van der Waals surface area contributed by atoms with E-state index in [1.54, 1.807) is 0 Å². The Balaban J connectivity index is 2.44. The Morgan fingerprint density at radius 3 is 2.56 bits per heavy atom. The second-order valence-electron chi connectivity index (χ2n) is 4.61. The molecule has 1 aromatic rings.